The van der Waals surface area contributed by atoms with Crippen molar-refractivity contribution >= 4 is 11.6 Å². The highest BCUT2D eigenvalue weighted by Gasteiger charge is 2.24. The van der Waals surface area contributed by atoms with E-state index in [2.05, 4.69) is 20.9 Å². The monoisotopic (exact) mass is 357 g/mol. The van der Waals surface area contributed by atoms with Gasteiger partial charge < -0.3 is 15.4 Å². The lowest BCUT2D eigenvalue weighted by Crippen LogP contribution is -2.30. The van der Waals surface area contributed by atoms with Crippen LogP contribution in [0.25, 0.3) is 0 Å². The summed E-state index contributed by atoms with van der Waals surface area (Å²) in [6.07, 6.45) is 1.99. The fraction of sp³-hybridized carbons (Fsp3) is 0.526. The predicted molar refractivity (Wildman–Crippen MR) is 101 cm³/mol. The second-order valence-corrected chi connectivity index (χ2v) is 7.61. The Kier molecular flexibility index (Phi) is 5.27. The number of amides is 1. The van der Waals surface area contributed by atoms with Gasteiger partial charge in [-0.3, -0.25) is 4.79 Å². The van der Waals surface area contributed by atoms with Crippen LogP contribution < -0.4 is 15.4 Å². The molecule has 2 N–H and O–H groups in total. The molecule has 1 amide bonds. The molecule has 1 fully saturated rings. The van der Waals surface area contributed by atoms with E-state index in [0.717, 1.165) is 31.6 Å². The predicted octanol–water partition coefficient (Wildman–Crippen LogP) is 2.94. The van der Waals surface area contributed by atoms with E-state index in [0.29, 0.717) is 23.2 Å². The number of ether oxygens (including phenoxy) is 1. The highest BCUT2D eigenvalue weighted by atomic mass is 16.5. The van der Waals surface area contributed by atoms with Crippen LogP contribution in [0.5, 0.6) is 5.75 Å². The third-order valence-corrected chi connectivity index (χ3v) is 4.35. The number of para-hydroxylation sites is 2. The molecule has 26 heavy (non-hydrogen) atoms. The summed E-state index contributed by atoms with van der Waals surface area (Å²) in [6, 6.07) is 7.71. The van der Waals surface area contributed by atoms with Crippen LogP contribution >= 0.6 is 0 Å². The average Bonchev–Trinajstić information content (AvgIpc) is 2.98. The number of rotatable bonds is 4. The number of piperidine rings is 1. The molecule has 2 aromatic rings. The smallest absolute Gasteiger partial charge is 0.278 e. The number of carbonyl (C=O) groups is 1. The van der Waals surface area contributed by atoms with Crippen LogP contribution in [0.4, 0.5) is 5.69 Å². The first-order valence-electron chi connectivity index (χ1n) is 9.07. The number of anilines is 1. The molecule has 0 spiro atoms. The standard InChI is InChI=1S/C19H27N5O2/c1-13-17(22-23-24(13)14-9-11-20-12-10-14)18(25)21-15-7-5-6-8-16(15)26-19(2,3)4/h5-8,14,20H,9-12H2,1-4H3,(H,21,25). The van der Waals surface area contributed by atoms with Crippen LogP contribution in [0.15, 0.2) is 24.3 Å². The maximum Gasteiger partial charge on any atom is 0.278 e. The Morgan fingerprint density at radius 3 is 2.65 bits per heavy atom. The van der Waals surface area contributed by atoms with Gasteiger partial charge in [0.1, 0.15) is 11.4 Å². The normalized spacial score (nSPS) is 15.7. The van der Waals surface area contributed by atoms with Gasteiger partial charge in [0, 0.05) is 0 Å². The summed E-state index contributed by atoms with van der Waals surface area (Å²) in [7, 11) is 0. The van der Waals surface area contributed by atoms with Crippen molar-refractivity contribution in [1.29, 1.82) is 0 Å². The van der Waals surface area contributed by atoms with Gasteiger partial charge in [0.2, 0.25) is 0 Å². The third-order valence-electron chi connectivity index (χ3n) is 4.35. The topological polar surface area (TPSA) is 81.1 Å². The van der Waals surface area contributed by atoms with Crippen molar-refractivity contribution in [3.63, 3.8) is 0 Å². The van der Waals surface area contributed by atoms with Crippen molar-refractivity contribution in [1.82, 2.24) is 20.3 Å². The van der Waals surface area contributed by atoms with Gasteiger partial charge in [-0.2, -0.15) is 0 Å². The van der Waals surface area contributed by atoms with Gasteiger partial charge in [-0.1, -0.05) is 17.3 Å². The number of nitrogens with one attached hydrogen (secondary N) is 2. The molecule has 0 atom stereocenters. The minimum atomic E-state index is -0.352. The molecule has 0 saturated carbocycles. The van der Waals surface area contributed by atoms with Crippen LogP contribution in [0, 0.1) is 6.92 Å². The lowest BCUT2D eigenvalue weighted by atomic mass is 10.1. The molecular formula is C19H27N5O2. The first-order chi connectivity index (χ1) is 12.3. The molecule has 1 aliphatic heterocycles. The van der Waals surface area contributed by atoms with Crippen molar-refractivity contribution in [3.05, 3.63) is 35.7 Å². The van der Waals surface area contributed by atoms with Crippen molar-refractivity contribution in [3.8, 4) is 5.75 Å². The highest BCUT2D eigenvalue weighted by molar-refractivity contribution is 6.04. The van der Waals surface area contributed by atoms with Gasteiger partial charge in [-0.15, -0.1) is 5.10 Å². The molecule has 140 valence electrons. The largest absolute Gasteiger partial charge is 0.486 e. The van der Waals surface area contributed by atoms with Crippen molar-refractivity contribution < 1.29 is 9.53 Å². The van der Waals surface area contributed by atoms with Gasteiger partial charge in [-0.25, -0.2) is 4.68 Å². The minimum absolute atomic E-state index is 0.271. The van der Waals surface area contributed by atoms with Crippen LogP contribution in [-0.4, -0.2) is 39.6 Å². The van der Waals surface area contributed by atoms with E-state index in [1.54, 1.807) is 0 Å². The molecule has 0 bridgehead atoms. The summed E-state index contributed by atoms with van der Waals surface area (Å²) < 4.78 is 7.82. The maximum atomic E-state index is 12.8. The second-order valence-electron chi connectivity index (χ2n) is 7.61. The summed E-state index contributed by atoms with van der Waals surface area (Å²) in [6.45, 7) is 9.74. The number of benzene rings is 1. The molecule has 0 aliphatic carbocycles. The molecule has 1 saturated heterocycles. The molecule has 2 heterocycles. The highest BCUT2D eigenvalue weighted by Crippen LogP contribution is 2.28. The number of carbonyl (C=O) groups excluding carboxylic acids is 1. The number of hydrogen-bond donors (Lipinski definition) is 2. The van der Waals surface area contributed by atoms with E-state index in [1.165, 1.54) is 0 Å². The molecule has 1 aromatic carbocycles. The molecule has 0 unspecified atom stereocenters. The fourth-order valence-electron chi connectivity index (χ4n) is 3.12. The minimum Gasteiger partial charge on any atom is -0.486 e. The maximum absolute atomic E-state index is 12.8. The number of aromatic nitrogens is 3. The zero-order valence-electron chi connectivity index (χ0n) is 15.9. The Labute approximate surface area is 154 Å². The van der Waals surface area contributed by atoms with E-state index in [-0.39, 0.29) is 11.5 Å². The van der Waals surface area contributed by atoms with Crippen LogP contribution in [0.3, 0.4) is 0 Å². The van der Waals surface area contributed by atoms with Gasteiger partial charge >= 0.3 is 0 Å². The molecule has 3 rings (SSSR count). The molecule has 0 radical (unpaired) electrons. The molecule has 7 heteroatoms. The zero-order chi connectivity index (χ0) is 18.7. The van der Waals surface area contributed by atoms with Crippen molar-refractivity contribution in [2.75, 3.05) is 18.4 Å². The van der Waals surface area contributed by atoms with E-state index in [9.17, 15) is 4.79 Å². The Hall–Kier alpha value is -2.41. The van der Waals surface area contributed by atoms with Crippen LogP contribution in [-0.2, 0) is 0 Å². The Balaban J connectivity index is 1.78. The van der Waals surface area contributed by atoms with E-state index >= 15 is 0 Å². The molecule has 1 aliphatic rings. The lowest BCUT2D eigenvalue weighted by molar-refractivity contribution is 0.101. The first-order valence-corrected chi connectivity index (χ1v) is 9.07. The summed E-state index contributed by atoms with van der Waals surface area (Å²) in [4.78, 5) is 12.8. The molecule has 7 nitrogen and oxygen atoms in total. The van der Waals surface area contributed by atoms with Gasteiger partial charge in [0.25, 0.3) is 5.91 Å². The second kappa shape index (κ2) is 7.45. The van der Waals surface area contributed by atoms with Gasteiger partial charge in [0.15, 0.2) is 5.69 Å². The van der Waals surface area contributed by atoms with Crippen molar-refractivity contribution in [2.24, 2.45) is 0 Å². The van der Waals surface area contributed by atoms with Crippen LogP contribution in [0.2, 0.25) is 0 Å². The quantitative estimate of drug-likeness (QED) is 0.879. The average molecular weight is 357 g/mol. The number of nitrogens with zero attached hydrogens (tertiary/aromatic N) is 3. The van der Waals surface area contributed by atoms with E-state index < -0.39 is 0 Å². The zero-order valence-corrected chi connectivity index (χ0v) is 15.9. The first kappa shape index (κ1) is 18.4. The third kappa shape index (κ3) is 4.22. The Bertz CT molecular complexity index is 772. The molecule has 1 aromatic heterocycles. The summed E-state index contributed by atoms with van der Waals surface area (Å²) in [5.74, 6) is 0.365. The van der Waals surface area contributed by atoms with Gasteiger partial charge in [0.05, 0.1) is 17.4 Å². The van der Waals surface area contributed by atoms with E-state index in [4.69, 9.17) is 4.74 Å². The fourth-order valence-corrected chi connectivity index (χ4v) is 3.12. The summed E-state index contributed by atoms with van der Waals surface area (Å²) in [5.41, 5.74) is 1.43. The SMILES string of the molecule is Cc1c(C(=O)Nc2ccccc2OC(C)(C)C)nnn1C1CCNCC1. The summed E-state index contributed by atoms with van der Waals surface area (Å²) >= 11 is 0. The van der Waals surface area contributed by atoms with Crippen LogP contribution in [0.1, 0.15) is 55.8 Å². The number of hydrogen-bond acceptors (Lipinski definition) is 5. The lowest BCUT2D eigenvalue weighted by Gasteiger charge is -2.23. The Morgan fingerprint density at radius 2 is 1.96 bits per heavy atom. The molecular weight excluding hydrogens is 330 g/mol. The van der Waals surface area contributed by atoms with Crippen molar-refractivity contribution in [2.45, 2.75) is 52.2 Å². The van der Waals surface area contributed by atoms with Gasteiger partial charge in [-0.05, 0) is 65.8 Å². The Morgan fingerprint density at radius 1 is 1.27 bits per heavy atom. The summed E-state index contributed by atoms with van der Waals surface area (Å²) in [5, 5.41) is 14.6. The van der Waals surface area contributed by atoms with E-state index in [1.807, 2.05) is 56.6 Å².